The van der Waals surface area contributed by atoms with Gasteiger partial charge in [0.05, 0.1) is 26.9 Å². The number of hydrogen-bond donors (Lipinski definition) is 1. The Morgan fingerprint density at radius 3 is 2.65 bits per heavy atom. The van der Waals surface area contributed by atoms with Crippen LogP contribution in [0.4, 0.5) is 0 Å². The minimum Gasteiger partial charge on any atom is -0.493 e. The molecule has 2 aromatic heterocycles. The van der Waals surface area contributed by atoms with E-state index in [1.54, 1.807) is 43.5 Å². The number of aryl methyl sites for hydroxylation is 1. The van der Waals surface area contributed by atoms with Gasteiger partial charge in [-0.1, -0.05) is 24.3 Å². The van der Waals surface area contributed by atoms with Crippen LogP contribution in [0.5, 0.6) is 28.7 Å². The lowest BCUT2D eigenvalue weighted by Gasteiger charge is -2.38. The number of aromatic nitrogens is 2. The molecule has 0 saturated carbocycles. The van der Waals surface area contributed by atoms with Gasteiger partial charge in [-0.15, -0.1) is 0 Å². The fraction of sp³-hybridized carbons (Fsp3) is 0.263. The van der Waals surface area contributed by atoms with Crippen LogP contribution >= 0.6 is 0 Å². The lowest BCUT2D eigenvalue weighted by Crippen LogP contribution is -2.43. The van der Waals surface area contributed by atoms with E-state index in [4.69, 9.17) is 18.9 Å². The Balaban J connectivity index is 1.36. The highest BCUT2D eigenvalue weighted by Crippen LogP contribution is 2.44. The first kappa shape index (κ1) is 31.7. The smallest absolute Gasteiger partial charge is 0.270 e. The number of benzene rings is 3. The molecule has 3 aliphatic heterocycles. The Bertz CT molecular complexity index is 2110. The number of rotatable bonds is 3. The SMILES string of the molecule is COc1ccc2cc1OCCCNC(=O)CCc1cccc(c1)Oc1cc3c(cc1OC)C2N(C(=O)c1cnc2ccccn2c1=O)CC3. The normalized spacial score (nSPS) is 16.2. The van der Waals surface area contributed by atoms with Crippen LogP contribution in [0.25, 0.3) is 5.65 Å². The molecule has 11 heteroatoms. The molecule has 49 heavy (non-hydrogen) atoms. The Morgan fingerprint density at radius 1 is 0.918 bits per heavy atom. The van der Waals surface area contributed by atoms with E-state index >= 15 is 0 Å². The molecular formula is C38H36N4O7. The van der Waals surface area contributed by atoms with Crippen molar-refractivity contribution in [3.8, 4) is 28.7 Å². The molecule has 3 aromatic carbocycles. The third kappa shape index (κ3) is 6.39. The topological polar surface area (TPSA) is 121 Å². The van der Waals surface area contributed by atoms with Crippen molar-refractivity contribution in [2.24, 2.45) is 0 Å². The number of carbonyl (C=O) groups is 2. The molecule has 1 atom stereocenters. The summed E-state index contributed by atoms with van der Waals surface area (Å²) in [5.41, 5.74) is 3.51. The van der Waals surface area contributed by atoms with Gasteiger partial charge in [-0.05, 0) is 90.0 Å². The van der Waals surface area contributed by atoms with Gasteiger partial charge in [0.25, 0.3) is 11.5 Å². The van der Waals surface area contributed by atoms with E-state index in [-0.39, 0.29) is 11.5 Å². The second-order valence-corrected chi connectivity index (χ2v) is 12.0. The van der Waals surface area contributed by atoms with E-state index in [9.17, 15) is 14.4 Å². The minimum absolute atomic E-state index is 0.0302. The van der Waals surface area contributed by atoms with Crippen LogP contribution in [-0.2, 0) is 17.6 Å². The monoisotopic (exact) mass is 660 g/mol. The predicted molar refractivity (Wildman–Crippen MR) is 182 cm³/mol. The highest BCUT2D eigenvalue weighted by molar-refractivity contribution is 5.94. The predicted octanol–water partition coefficient (Wildman–Crippen LogP) is 5.12. The van der Waals surface area contributed by atoms with Gasteiger partial charge in [0, 0.05) is 31.9 Å². The van der Waals surface area contributed by atoms with Crippen molar-refractivity contribution < 1.29 is 28.5 Å². The van der Waals surface area contributed by atoms with E-state index in [1.807, 2.05) is 54.6 Å². The van der Waals surface area contributed by atoms with Crippen LogP contribution < -0.4 is 29.8 Å². The van der Waals surface area contributed by atoms with E-state index in [0.29, 0.717) is 79.8 Å². The van der Waals surface area contributed by atoms with Crippen LogP contribution in [0.3, 0.4) is 0 Å². The highest BCUT2D eigenvalue weighted by Gasteiger charge is 2.36. The largest absolute Gasteiger partial charge is 0.493 e. The van der Waals surface area contributed by atoms with Crippen molar-refractivity contribution >= 4 is 17.5 Å². The number of amides is 2. The summed E-state index contributed by atoms with van der Waals surface area (Å²) in [6.45, 7) is 1.12. The van der Waals surface area contributed by atoms with Crippen LogP contribution in [0.2, 0.25) is 0 Å². The first-order valence-corrected chi connectivity index (χ1v) is 16.3. The van der Waals surface area contributed by atoms with Gasteiger partial charge in [0.2, 0.25) is 5.91 Å². The summed E-state index contributed by atoms with van der Waals surface area (Å²) in [6.07, 6.45) is 4.96. The molecule has 5 heterocycles. The number of carbonyl (C=O) groups excluding carboxylic acids is 2. The quantitative estimate of drug-likeness (QED) is 0.283. The Kier molecular flexibility index (Phi) is 8.89. The summed E-state index contributed by atoms with van der Waals surface area (Å²) in [5.74, 6) is 2.18. The molecule has 8 rings (SSSR count). The number of nitrogens with zero attached hydrogens (tertiary/aromatic N) is 3. The van der Waals surface area contributed by atoms with E-state index in [2.05, 4.69) is 10.3 Å². The second kappa shape index (κ2) is 13.7. The maximum Gasteiger partial charge on any atom is 0.270 e. The molecular weight excluding hydrogens is 624 g/mol. The van der Waals surface area contributed by atoms with Crippen molar-refractivity contribution in [3.63, 3.8) is 0 Å². The first-order valence-electron chi connectivity index (χ1n) is 16.3. The van der Waals surface area contributed by atoms with Crippen molar-refractivity contribution in [3.05, 3.63) is 123 Å². The van der Waals surface area contributed by atoms with Gasteiger partial charge in [-0.3, -0.25) is 18.8 Å². The van der Waals surface area contributed by atoms with Gasteiger partial charge in [0.1, 0.15) is 17.0 Å². The molecule has 0 radical (unpaired) electrons. The van der Waals surface area contributed by atoms with E-state index < -0.39 is 17.5 Å². The Hall–Kier alpha value is -5.84. The Morgan fingerprint density at radius 2 is 1.80 bits per heavy atom. The molecule has 1 unspecified atom stereocenters. The summed E-state index contributed by atoms with van der Waals surface area (Å²) in [6, 6.07) is 21.7. The highest BCUT2D eigenvalue weighted by atomic mass is 16.5. The number of pyridine rings is 1. The lowest BCUT2D eigenvalue weighted by molar-refractivity contribution is -0.121. The lowest BCUT2D eigenvalue weighted by atomic mass is 9.87. The zero-order valence-electron chi connectivity index (χ0n) is 27.3. The van der Waals surface area contributed by atoms with Crippen LogP contribution in [0, 0.1) is 0 Å². The van der Waals surface area contributed by atoms with E-state index in [1.165, 1.54) is 10.6 Å². The van der Waals surface area contributed by atoms with Gasteiger partial charge < -0.3 is 29.2 Å². The van der Waals surface area contributed by atoms with Crippen LogP contribution in [0.1, 0.15) is 51.5 Å². The summed E-state index contributed by atoms with van der Waals surface area (Å²) < 4.78 is 25.4. The summed E-state index contributed by atoms with van der Waals surface area (Å²) in [4.78, 5) is 46.6. The summed E-state index contributed by atoms with van der Waals surface area (Å²) in [7, 11) is 3.14. The zero-order valence-corrected chi connectivity index (χ0v) is 27.3. The molecule has 8 bridgehead atoms. The van der Waals surface area contributed by atoms with Gasteiger partial charge in [0.15, 0.2) is 23.0 Å². The van der Waals surface area contributed by atoms with Crippen LogP contribution in [-0.4, -0.2) is 60.0 Å². The van der Waals surface area contributed by atoms with Crippen molar-refractivity contribution in [2.75, 3.05) is 33.9 Å². The molecule has 0 saturated heterocycles. The number of nitrogens with one attached hydrogen (secondary N) is 1. The van der Waals surface area contributed by atoms with Crippen molar-refractivity contribution in [1.82, 2.24) is 19.6 Å². The molecule has 1 N–H and O–H groups in total. The van der Waals surface area contributed by atoms with Crippen LogP contribution in [0.15, 0.2) is 90.0 Å². The van der Waals surface area contributed by atoms with Gasteiger partial charge >= 0.3 is 0 Å². The third-order valence-corrected chi connectivity index (χ3v) is 8.93. The molecule has 0 aliphatic carbocycles. The Labute approximate surface area is 283 Å². The van der Waals surface area contributed by atoms with Gasteiger partial charge in [-0.25, -0.2) is 4.98 Å². The van der Waals surface area contributed by atoms with E-state index in [0.717, 1.165) is 22.3 Å². The first-order chi connectivity index (χ1) is 23.9. The van der Waals surface area contributed by atoms with Gasteiger partial charge in [-0.2, -0.15) is 0 Å². The fourth-order valence-electron chi connectivity index (χ4n) is 6.47. The average Bonchev–Trinajstić information content (AvgIpc) is 3.13. The molecule has 250 valence electrons. The fourth-order valence-corrected chi connectivity index (χ4v) is 6.47. The molecule has 3 aliphatic rings. The maximum absolute atomic E-state index is 14.4. The average molecular weight is 661 g/mol. The molecule has 5 aromatic rings. The number of fused-ring (bicyclic) bond motifs is 9. The number of ether oxygens (including phenoxy) is 4. The standard InChI is InChI=1S/C38H36N4O7/c1-46-30-12-11-26-21-32(30)48-18-6-15-39-35(43)13-10-24-7-5-8-27(19-24)49-33-20-25-14-17-42(36(26)28(25)22-31(33)47-2)38(45)29-23-40-34-9-3-4-16-41(34)37(29)44/h3-5,7-9,11-12,16,19-23,36H,6,10,13-15,17-18H2,1-2H3,(H,39,43). The zero-order chi connectivity index (χ0) is 33.9. The second-order valence-electron chi connectivity index (χ2n) is 12.0. The minimum atomic E-state index is -0.614. The maximum atomic E-state index is 14.4. The number of methoxy groups -OCH3 is 2. The third-order valence-electron chi connectivity index (χ3n) is 8.93. The molecule has 0 spiro atoms. The molecule has 11 nitrogen and oxygen atoms in total. The number of hydrogen-bond acceptors (Lipinski definition) is 8. The van der Waals surface area contributed by atoms with Crippen molar-refractivity contribution in [2.45, 2.75) is 31.7 Å². The van der Waals surface area contributed by atoms with Crippen molar-refractivity contribution in [1.29, 1.82) is 0 Å². The molecule has 0 fully saturated rings. The molecule has 2 amide bonds. The summed E-state index contributed by atoms with van der Waals surface area (Å²) in [5, 5.41) is 2.96. The summed E-state index contributed by atoms with van der Waals surface area (Å²) >= 11 is 0.